The van der Waals surface area contributed by atoms with Crippen molar-refractivity contribution in [1.29, 1.82) is 0 Å². The number of hydrogen-bond acceptors (Lipinski definition) is 1. The molecule has 0 N–H and O–H groups in total. The van der Waals surface area contributed by atoms with E-state index in [9.17, 15) is 4.79 Å². The molecule has 0 radical (unpaired) electrons. The molecule has 1 rings (SSSR count). The molecule has 1 unspecified atom stereocenters. The summed E-state index contributed by atoms with van der Waals surface area (Å²) in [4.78, 5) is 11.4. The Morgan fingerprint density at radius 3 is 2.27 bits per heavy atom. The fraction of sp³-hybridized carbons (Fsp3) is 0.786. The number of allylic oxidation sites excluding steroid dienone is 2. The quantitative estimate of drug-likeness (QED) is 0.664. The first-order chi connectivity index (χ1) is 7.02. The molecule has 0 aliphatic heterocycles. The molecule has 15 heavy (non-hydrogen) atoms. The van der Waals surface area contributed by atoms with Crippen LogP contribution in [0.1, 0.15) is 59.8 Å². The molecule has 0 spiro atoms. The first-order valence-electron chi connectivity index (χ1n) is 6.25. The smallest absolute Gasteiger partial charge is 0.158 e. The van der Waals surface area contributed by atoms with Gasteiger partial charge < -0.3 is 0 Å². The van der Waals surface area contributed by atoms with Gasteiger partial charge in [0.1, 0.15) is 0 Å². The predicted octanol–water partition coefficient (Wildman–Crippen LogP) is 4.13. The zero-order valence-corrected chi connectivity index (χ0v) is 10.6. The van der Waals surface area contributed by atoms with E-state index in [1.54, 1.807) is 0 Å². The Balaban J connectivity index is 2.40. The topological polar surface area (TPSA) is 17.1 Å². The van der Waals surface area contributed by atoms with Crippen molar-refractivity contribution in [1.82, 2.24) is 0 Å². The van der Waals surface area contributed by atoms with E-state index in [0.29, 0.717) is 11.7 Å². The summed E-state index contributed by atoms with van der Waals surface area (Å²) < 4.78 is 0. The fourth-order valence-corrected chi connectivity index (χ4v) is 2.42. The molecule has 0 bridgehead atoms. The fourth-order valence-electron chi connectivity index (χ4n) is 2.42. The van der Waals surface area contributed by atoms with Crippen LogP contribution in [0.15, 0.2) is 11.1 Å². The van der Waals surface area contributed by atoms with Gasteiger partial charge in [0.05, 0.1) is 0 Å². The van der Waals surface area contributed by atoms with E-state index in [1.165, 1.54) is 24.8 Å². The van der Waals surface area contributed by atoms with Crippen LogP contribution < -0.4 is 0 Å². The van der Waals surface area contributed by atoms with Crippen molar-refractivity contribution in [2.75, 3.05) is 0 Å². The van der Waals surface area contributed by atoms with Crippen molar-refractivity contribution < 1.29 is 4.79 Å². The highest BCUT2D eigenvalue weighted by molar-refractivity contribution is 5.98. The molecule has 0 saturated heterocycles. The monoisotopic (exact) mass is 208 g/mol. The minimum absolute atomic E-state index is 0.376. The third kappa shape index (κ3) is 3.48. The van der Waals surface area contributed by atoms with E-state index < -0.39 is 0 Å². The third-order valence-corrected chi connectivity index (χ3v) is 3.53. The Hall–Kier alpha value is -0.590. The van der Waals surface area contributed by atoms with E-state index in [0.717, 1.165) is 24.3 Å². The predicted molar refractivity (Wildman–Crippen MR) is 64.8 cm³/mol. The SMILES string of the molecule is CC1=C(C(C)CCCC(C)C)CCC1=O. The highest BCUT2D eigenvalue weighted by Crippen LogP contribution is 2.31. The Morgan fingerprint density at radius 1 is 1.13 bits per heavy atom. The van der Waals surface area contributed by atoms with Crippen LogP contribution in [0, 0.1) is 11.8 Å². The highest BCUT2D eigenvalue weighted by atomic mass is 16.1. The van der Waals surface area contributed by atoms with Crippen LogP contribution in [0.2, 0.25) is 0 Å². The standard InChI is InChI=1S/C14H24O/c1-10(2)6-5-7-11(3)13-8-9-14(15)12(13)4/h10-11H,5-9H2,1-4H3. The second-order valence-corrected chi connectivity index (χ2v) is 5.30. The van der Waals surface area contributed by atoms with Gasteiger partial charge in [0.2, 0.25) is 0 Å². The molecule has 1 atom stereocenters. The van der Waals surface area contributed by atoms with Crippen LogP contribution in [0.25, 0.3) is 0 Å². The number of carbonyl (C=O) groups excluding carboxylic acids is 1. The second kappa shape index (κ2) is 5.48. The summed E-state index contributed by atoms with van der Waals surface area (Å²) >= 11 is 0. The maximum atomic E-state index is 11.4. The zero-order chi connectivity index (χ0) is 11.4. The molecular formula is C14H24O. The first-order valence-corrected chi connectivity index (χ1v) is 6.25. The van der Waals surface area contributed by atoms with Crippen LogP contribution in [0.5, 0.6) is 0 Å². The van der Waals surface area contributed by atoms with Crippen molar-refractivity contribution in [3.8, 4) is 0 Å². The molecule has 0 aromatic carbocycles. The first kappa shape index (κ1) is 12.5. The number of rotatable bonds is 5. The Labute approximate surface area is 93.9 Å². The molecule has 0 aromatic heterocycles. The molecule has 86 valence electrons. The number of Topliss-reactive ketones (excluding diaryl/α,β-unsaturated/α-hetero) is 1. The third-order valence-electron chi connectivity index (χ3n) is 3.53. The molecule has 1 aliphatic rings. The van der Waals surface area contributed by atoms with E-state index in [-0.39, 0.29) is 0 Å². The van der Waals surface area contributed by atoms with Gasteiger partial charge in [-0.1, -0.05) is 39.2 Å². The summed E-state index contributed by atoms with van der Waals surface area (Å²) in [5, 5.41) is 0. The maximum Gasteiger partial charge on any atom is 0.158 e. The maximum absolute atomic E-state index is 11.4. The van der Waals surface area contributed by atoms with Gasteiger partial charge in [0.15, 0.2) is 5.78 Å². The summed E-state index contributed by atoms with van der Waals surface area (Å²) in [7, 11) is 0. The summed E-state index contributed by atoms with van der Waals surface area (Å²) in [6.45, 7) is 8.82. The van der Waals surface area contributed by atoms with Gasteiger partial charge in [-0.05, 0) is 37.2 Å². The highest BCUT2D eigenvalue weighted by Gasteiger charge is 2.22. The normalized spacial score (nSPS) is 19.1. The second-order valence-electron chi connectivity index (χ2n) is 5.30. The van der Waals surface area contributed by atoms with Gasteiger partial charge in [-0.25, -0.2) is 0 Å². The van der Waals surface area contributed by atoms with Gasteiger partial charge in [0, 0.05) is 6.42 Å². The molecule has 0 fully saturated rings. The lowest BCUT2D eigenvalue weighted by molar-refractivity contribution is -0.114. The van der Waals surface area contributed by atoms with Gasteiger partial charge in [-0.2, -0.15) is 0 Å². The summed E-state index contributed by atoms with van der Waals surface area (Å²) in [6.07, 6.45) is 5.63. The Bertz CT molecular complexity index is 261. The molecule has 0 amide bonds. The minimum Gasteiger partial charge on any atom is -0.295 e. The van der Waals surface area contributed by atoms with Crippen LogP contribution in [-0.2, 0) is 4.79 Å². The largest absolute Gasteiger partial charge is 0.295 e. The summed E-state index contributed by atoms with van der Waals surface area (Å²) in [6, 6.07) is 0. The number of hydrogen-bond donors (Lipinski definition) is 0. The molecule has 0 saturated carbocycles. The molecular weight excluding hydrogens is 184 g/mol. The average Bonchev–Trinajstić information content (AvgIpc) is 2.47. The van der Waals surface area contributed by atoms with Gasteiger partial charge in [0.25, 0.3) is 0 Å². The lowest BCUT2D eigenvalue weighted by Crippen LogP contribution is -2.01. The van der Waals surface area contributed by atoms with Crippen LogP contribution >= 0.6 is 0 Å². The molecule has 0 aromatic rings. The molecule has 1 heteroatoms. The number of ketones is 1. The van der Waals surface area contributed by atoms with Crippen LogP contribution in [0.3, 0.4) is 0 Å². The lowest BCUT2D eigenvalue weighted by atomic mass is 9.91. The van der Waals surface area contributed by atoms with E-state index in [4.69, 9.17) is 0 Å². The van der Waals surface area contributed by atoms with Crippen molar-refractivity contribution in [2.24, 2.45) is 11.8 Å². The number of carbonyl (C=O) groups is 1. The van der Waals surface area contributed by atoms with E-state index in [2.05, 4.69) is 20.8 Å². The lowest BCUT2D eigenvalue weighted by Gasteiger charge is -2.14. The van der Waals surface area contributed by atoms with Crippen LogP contribution in [-0.4, -0.2) is 5.78 Å². The van der Waals surface area contributed by atoms with Crippen LogP contribution in [0.4, 0.5) is 0 Å². The van der Waals surface area contributed by atoms with E-state index in [1.807, 2.05) is 6.92 Å². The van der Waals surface area contributed by atoms with Crippen molar-refractivity contribution in [3.05, 3.63) is 11.1 Å². The van der Waals surface area contributed by atoms with Crippen molar-refractivity contribution in [3.63, 3.8) is 0 Å². The summed E-state index contributed by atoms with van der Waals surface area (Å²) in [5.41, 5.74) is 2.50. The molecule has 1 nitrogen and oxygen atoms in total. The Morgan fingerprint density at radius 2 is 1.80 bits per heavy atom. The Kier molecular flexibility index (Phi) is 4.56. The minimum atomic E-state index is 0.376. The van der Waals surface area contributed by atoms with E-state index >= 15 is 0 Å². The average molecular weight is 208 g/mol. The molecule has 0 heterocycles. The summed E-state index contributed by atoms with van der Waals surface area (Å²) in [5.74, 6) is 1.80. The van der Waals surface area contributed by atoms with Crippen molar-refractivity contribution >= 4 is 5.78 Å². The molecule has 1 aliphatic carbocycles. The van der Waals surface area contributed by atoms with Gasteiger partial charge >= 0.3 is 0 Å². The van der Waals surface area contributed by atoms with Crippen molar-refractivity contribution in [2.45, 2.75) is 59.8 Å². The van der Waals surface area contributed by atoms with Gasteiger partial charge in [-0.3, -0.25) is 4.79 Å². The zero-order valence-electron chi connectivity index (χ0n) is 10.6. The van der Waals surface area contributed by atoms with Gasteiger partial charge in [-0.15, -0.1) is 0 Å².